The fraction of sp³-hybridized carbons (Fsp3) is 0.350. The van der Waals surface area contributed by atoms with Crippen LogP contribution in [0.2, 0.25) is 0 Å². The topological polar surface area (TPSA) is 32.3 Å². The lowest BCUT2D eigenvalue weighted by Crippen LogP contribution is -2.26. The largest absolute Gasteiger partial charge is 0.352 e. The van der Waals surface area contributed by atoms with E-state index in [1.165, 1.54) is 37.1 Å². The van der Waals surface area contributed by atoms with E-state index >= 15 is 0 Å². The summed E-state index contributed by atoms with van der Waals surface area (Å²) in [7, 11) is 0. The second-order valence-corrected chi connectivity index (χ2v) is 7.25. The van der Waals surface area contributed by atoms with Crippen LogP contribution in [-0.4, -0.2) is 23.9 Å². The van der Waals surface area contributed by atoms with Gasteiger partial charge in [0.25, 0.3) is 0 Å². The van der Waals surface area contributed by atoms with Crippen LogP contribution in [0, 0.1) is 0 Å². The molecule has 1 heterocycles. The molecule has 0 saturated carbocycles. The van der Waals surface area contributed by atoms with Gasteiger partial charge in [-0.2, -0.15) is 0 Å². The van der Waals surface area contributed by atoms with Crippen LogP contribution in [0.25, 0.3) is 0 Å². The van der Waals surface area contributed by atoms with E-state index in [2.05, 4.69) is 44.3 Å². The second kappa shape index (κ2) is 8.45. The van der Waals surface area contributed by atoms with Gasteiger partial charge in [-0.1, -0.05) is 52.3 Å². The molecule has 0 atom stereocenters. The van der Waals surface area contributed by atoms with Crippen molar-refractivity contribution >= 4 is 21.8 Å². The van der Waals surface area contributed by atoms with E-state index in [0.29, 0.717) is 13.0 Å². The summed E-state index contributed by atoms with van der Waals surface area (Å²) in [5.41, 5.74) is 3.56. The van der Waals surface area contributed by atoms with Crippen molar-refractivity contribution in [3.63, 3.8) is 0 Å². The Labute approximate surface area is 152 Å². The number of carbonyl (C=O) groups excluding carboxylic acids is 1. The monoisotopic (exact) mass is 386 g/mol. The van der Waals surface area contributed by atoms with Crippen LogP contribution in [0.5, 0.6) is 0 Å². The van der Waals surface area contributed by atoms with Gasteiger partial charge in [0, 0.05) is 17.6 Å². The average Bonchev–Trinajstić information content (AvgIpc) is 3.07. The van der Waals surface area contributed by atoms with E-state index in [4.69, 9.17) is 0 Å². The number of likely N-dealkylation sites (tertiary alicyclic amines) is 1. The molecule has 0 spiro atoms. The van der Waals surface area contributed by atoms with Gasteiger partial charge in [-0.3, -0.25) is 9.69 Å². The molecule has 0 radical (unpaired) electrons. The van der Waals surface area contributed by atoms with Crippen LogP contribution in [-0.2, 0) is 24.3 Å². The van der Waals surface area contributed by atoms with Gasteiger partial charge in [-0.15, -0.1) is 0 Å². The third kappa shape index (κ3) is 4.92. The van der Waals surface area contributed by atoms with Crippen LogP contribution in [0.15, 0.2) is 53.0 Å². The zero-order chi connectivity index (χ0) is 16.8. The Bertz CT molecular complexity index is 696. The predicted molar refractivity (Wildman–Crippen MR) is 101 cm³/mol. The van der Waals surface area contributed by atoms with Gasteiger partial charge < -0.3 is 5.32 Å². The molecule has 1 N–H and O–H groups in total. The Kier molecular flexibility index (Phi) is 6.05. The molecule has 3 nitrogen and oxygen atoms in total. The molecule has 0 aliphatic carbocycles. The minimum absolute atomic E-state index is 0.0593. The lowest BCUT2D eigenvalue weighted by Gasteiger charge is -2.17. The molecule has 0 aromatic heterocycles. The summed E-state index contributed by atoms with van der Waals surface area (Å²) in [4.78, 5) is 14.7. The molecule has 4 heteroatoms. The molecule has 0 unspecified atom stereocenters. The van der Waals surface area contributed by atoms with Crippen molar-refractivity contribution in [3.8, 4) is 0 Å². The summed E-state index contributed by atoms with van der Waals surface area (Å²) in [6, 6.07) is 16.3. The van der Waals surface area contributed by atoms with Gasteiger partial charge >= 0.3 is 0 Å². The molecule has 24 heavy (non-hydrogen) atoms. The molecule has 1 saturated heterocycles. The Balaban J connectivity index is 1.56. The SMILES string of the molecule is O=C(Cc1cccc(Br)c1)NCc1ccccc1CN1CCCC1. The third-order valence-electron chi connectivity index (χ3n) is 4.44. The molecule has 126 valence electrons. The molecule has 1 aliphatic heterocycles. The Hall–Kier alpha value is -1.65. The highest BCUT2D eigenvalue weighted by molar-refractivity contribution is 9.10. The van der Waals surface area contributed by atoms with E-state index in [-0.39, 0.29) is 5.91 Å². The van der Waals surface area contributed by atoms with Gasteiger partial charge in [0.2, 0.25) is 5.91 Å². The van der Waals surface area contributed by atoms with Gasteiger partial charge in [0.15, 0.2) is 0 Å². The van der Waals surface area contributed by atoms with Crippen molar-refractivity contribution in [2.45, 2.75) is 32.4 Å². The van der Waals surface area contributed by atoms with Crippen molar-refractivity contribution in [2.75, 3.05) is 13.1 Å². The van der Waals surface area contributed by atoms with E-state index in [1.54, 1.807) is 0 Å². The fourth-order valence-electron chi connectivity index (χ4n) is 3.15. The summed E-state index contributed by atoms with van der Waals surface area (Å²) in [5, 5.41) is 3.06. The van der Waals surface area contributed by atoms with E-state index in [9.17, 15) is 4.79 Å². The predicted octanol–water partition coefficient (Wildman–Crippen LogP) is 3.90. The average molecular weight is 387 g/mol. The van der Waals surface area contributed by atoms with Crippen LogP contribution >= 0.6 is 15.9 Å². The minimum Gasteiger partial charge on any atom is -0.352 e. The van der Waals surface area contributed by atoms with Gasteiger partial charge in [-0.05, 0) is 54.8 Å². The highest BCUT2D eigenvalue weighted by Crippen LogP contribution is 2.16. The molecule has 1 aliphatic rings. The summed E-state index contributed by atoms with van der Waals surface area (Å²) >= 11 is 3.44. The van der Waals surface area contributed by atoms with Crippen molar-refractivity contribution in [2.24, 2.45) is 0 Å². The second-order valence-electron chi connectivity index (χ2n) is 6.34. The van der Waals surface area contributed by atoms with Crippen LogP contribution < -0.4 is 5.32 Å². The number of halogens is 1. The number of benzene rings is 2. The summed E-state index contributed by atoms with van der Waals surface area (Å²) in [6.07, 6.45) is 3.00. The number of amides is 1. The zero-order valence-corrected chi connectivity index (χ0v) is 15.4. The number of hydrogen-bond acceptors (Lipinski definition) is 2. The Morgan fingerprint density at radius 2 is 1.79 bits per heavy atom. The first-order chi connectivity index (χ1) is 11.7. The molecule has 1 amide bonds. The lowest BCUT2D eigenvalue weighted by atomic mass is 10.1. The summed E-state index contributed by atoms with van der Waals surface area (Å²) in [6.45, 7) is 3.95. The van der Waals surface area contributed by atoms with Crippen LogP contribution in [0.3, 0.4) is 0 Å². The zero-order valence-electron chi connectivity index (χ0n) is 13.8. The van der Waals surface area contributed by atoms with E-state index < -0.39 is 0 Å². The maximum atomic E-state index is 12.2. The van der Waals surface area contributed by atoms with Crippen molar-refractivity contribution < 1.29 is 4.79 Å². The highest BCUT2D eigenvalue weighted by Gasteiger charge is 2.13. The quantitative estimate of drug-likeness (QED) is 0.816. The number of nitrogens with zero attached hydrogens (tertiary/aromatic N) is 1. The molecule has 1 fully saturated rings. The molecular formula is C20H23BrN2O. The number of rotatable bonds is 6. The summed E-state index contributed by atoms with van der Waals surface area (Å²) < 4.78 is 1.00. The van der Waals surface area contributed by atoms with E-state index in [1.807, 2.05) is 30.3 Å². The molecule has 2 aromatic carbocycles. The standard InChI is InChI=1S/C20H23BrN2O/c21-19-9-5-6-16(12-19)13-20(24)22-14-17-7-1-2-8-18(17)15-23-10-3-4-11-23/h1-2,5-9,12H,3-4,10-11,13-15H2,(H,22,24). The van der Waals surface area contributed by atoms with Gasteiger partial charge in [-0.25, -0.2) is 0 Å². The maximum Gasteiger partial charge on any atom is 0.224 e. The normalized spacial score (nSPS) is 14.7. The Morgan fingerprint density at radius 3 is 2.54 bits per heavy atom. The van der Waals surface area contributed by atoms with Gasteiger partial charge in [0.1, 0.15) is 0 Å². The Morgan fingerprint density at radius 1 is 1.04 bits per heavy atom. The highest BCUT2D eigenvalue weighted by atomic mass is 79.9. The molecule has 3 rings (SSSR count). The first-order valence-electron chi connectivity index (χ1n) is 8.51. The maximum absolute atomic E-state index is 12.2. The van der Waals surface area contributed by atoms with Crippen molar-refractivity contribution in [1.82, 2.24) is 10.2 Å². The number of hydrogen-bond donors (Lipinski definition) is 1. The third-order valence-corrected chi connectivity index (χ3v) is 4.93. The van der Waals surface area contributed by atoms with Crippen molar-refractivity contribution in [1.29, 1.82) is 0 Å². The number of carbonyl (C=O) groups is 1. The molecule has 2 aromatic rings. The van der Waals surface area contributed by atoms with Crippen LogP contribution in [0.4, 0.5) is 0 Å². The van der Waals surface area contributed by atoms with Crippen LogP contribution in [0.1, 0.15) is 29.5 Å². The van der Waals surface area contributed by atoms with Gasteiger partial charge in [0.05, 0.1) is 6.42 Å². The number of nitrogens with one attached hydrogen (secondary N) is 1. The lowest BCUT2D eigenvalue weighted by molar-refractivity contribution is -0.120. The first kappa shape index (κ1) is 17.2. The first-order valence-corrected chi connectivity index (χ1v) is 9.30. The summed E-state index contributed by atoms with van der Waals surface area (Å²) in [5.74, 6) is 0.0593. The molecular weight excluding hydrogens is 364 g/mol. The van der Waals surface area contributed by atoms with E-state index in [0.717, 1.165) is 16.6 Å². The van der Waals surface area contributed by atoms with Crippen molar-refractivity contribution in [3.05, 3.63) is 69.7 Å². The molecule has 0 bridgehead atoms. The minimum atomic E-state index is 0.0593. The fourth-order valence-corrected chi connectivity index (χ4v) is 3.60. The smallest absolute Gasteiger partial charge is 0.224 e.